The van der Waals surface area contributed by atoms with Gasteiger partial charge in [-0.25, -0.2) is 0 Å². The van der Waals surface area contributed by atoms with E-state index in [1.165, 1.54) is 34.7 Å². The molecule has 4 heteroatoms. The fourth-order valence-electron chi connectivity index (χ4n) is 5.64. The maximum absolute atomic E-state index is 11.4. The van der Waals surface area contributed by atoms with Crippen LogP contribution in [0.25, 0.3) is 10.8 Å². The molecule has 174 valence electrons. The van der Waals surface area contributed by atoms with Crippen LogP contribution >= 0.6 is 0 Å². The van der Waals surface area contributed by atoms with E-state index in [-0.39, 0.29) is 12.0 Å². The Morgan fingerprint density at radius 3 is 2.25 bits per heavy atom. The smallest absolute Gasteiger partial charge is 0.306 e. The summed E-state index contributed by atoms with van der Waals surface area (Å²) in [4.78, 5) is 13.8. The Kier molecular flexibility index (Phi) is 6.80. The third-order valence-electron chi connectivity index (χ3n) is 7.83. The lowest BCUT2D eigenvalue weighted by Gasteiger charge is -2.37. The van der Waals surface area contributed by atoms with Gasteiger partial charge in [0, 0.05) is 12.1 Å². The molecule has 2 aromatic rings. The average molecular weight is 438 g/mol. The van der Waals surface area contributed by atoms with E-state index in [0.29, 0.717) is 5.41 Å². The van der Waals surface area contributed by atoms with Crippen LogP contribution in [0.4, 0.5) is 0 Å². The van der Waals surface area contributed by atoms with Crippen molar-refractivity contribution in [2.24, 2.45) is 17.3 Å². The molecule has 1 aliphatic heterocycles. The molecule has 4 rings (SSSR count). The number of carboxylic acids is 1. The number of aliphatic carboxylic acids is 1. The molecule has 1 saturated carbocycles. The number of rotatable bonds is 5. The third kappa shape index (κ3) is 5.11. The number of carbonyl (C=O) groups is 1. The minimum absolute atomic E-state index is 0.199. The monoisotopic (exact) mass is 437 g/mol. The second-order valence-electron chi connectivity index (χ2n) is 11.1. The summed E-state index contributed by atoms with van der Waals surface area (Å²) in [6, 6.07) is 10.9. The molecular weight excluding hydrogens is 398 g/mol. The Morgan fingerprint density at radius 2 is 1.66 bits per heavy atom. The molecule has 0 bridgehead atoms. The van der Waals surface area contributed by atoms with Crippen molar-refractivity contribution in [3.05, 3.63) is 41.5 Å². The molecule has 0 unspecified atom stereocenters. The first kappa shape index (κ1) is 23.1. The molecular formula is C28H39NO3. The third-order valence-corrected chi connectivity index (χ3v) is 7.83. The van der Waals surface area contributed by atoms with Crippen molar-refractivity contribution in [1.29, 1.82) is 0 Å². The molecule has 0 aromatic heterocycles. The molecule has 1 heterocycles. The van der Waals surface area contributed by atoms with E-state index in [1.807, 2.05) is 0 Å². The second-order valence-corrected chi connectivity index (χ2v) is 11.1. The van der Waals surface area contributed by atoms with Crippen LogP contribution in [-0.2, 0) is 11.3 Å². The predicted molar refractivity (Wildman–Crippen MR) is 130 cm³/mol. The molecule has 1 N–H and O–H groups in total. The molecule has 32 heavy (non-hydrogen) atoms. The van der Waals surface area contributed by atoms with Crippen LogP contribution in [-0.4, -0.2) is 35.2 Å². The number of piperidine rings is 1. The second kappa shape index (κ2) is 9.43. The van der Waals surface area contributed by atoms with Crippen LogP contribution in [0.1, 0.15) is 70.4 Å². The van der Waals surface area contributed by atoms with Gasteiger partial charge >= 0.3 is 5.97 Å². The van der Waals surface area contributed by atoms with E-state index in [1.54, 1.807) is 0 Å². The largest absolute Gasteiger partial charge is 0.490 e. The summed E-state index contributed by atoms with van der Waals surface area (Å²) in [6.45, 7) is 11.7. The average Bonchev–Trinajstić information content (AvgIpc) is 2.76. The van der Waals surface area contributed by atoms with Crippen molar-refractivity contribution in [2.45, 2.75) is 78.9 Å². The fourth-order valence-corrected chi connectivity index (χ4v) is 5.64. The van der Waals surface area contributed by atoms with Crippen LogP contribution in [0.3, 0.4) is 0 Å². The Morgan fingerprint density at radius 1 is 1.03 bits per heavy atom. The molecule has 2 aliphatic rings. The van der Waals surface area contributed by atoms with Gasteiger partial charge in [-0.1, -0.05) is 45.0 Å². The zero-order valence-corrected chi connectivity index (χ0v) is 20.2. The summed E-state index contributed by atoms with van der Waals surface area (Å²) in [5.41, 5.74) is 2.89. The Labute approximate surface area is 192 Å². The van der Waals surface area contributed by atoms with Gasteiger partial charge in [0.15, 0.2) is 0 Å². The normalized spacial score (nSPS) is 23.4. The van der Waals surface area contributed by atoms with Crippen LogP contribution < -0.4 is 4.74 Å². The Bertz CT molecular complexity index is 945. The summed E-state index contributed by atoms with van der Waals surface area (Å²) >= 11 is 0. The molecule has 1 aliphatic carbocycles. The van der Waals surface area contributed by atoms with Crippen LogP contribution in [0.5, 0.6) is 5.75 Å². The van der Waals surface area contributed by atoms with E-state index in [0.717, 1.165) is 57.0 Å². The number of carboxylic acid groups (broad SMARTS) is 1. The molecule has 0 radical (unpaired) electrons. The standard InChI is InChI=1S/C28H39NO3/c1-19-17-26(32-22-11-9-21(10-12-22)28(2,3)4)25(24-8-6-5-7-23(19)24)18-29-15-13-20(14-16-29)27(30)31/h5-8,17,20-22H,9-16,18H2,1-4H3,(H,30,31). The van der Waals surface area contributed by atoms with Crippen molar-refractivity contribution in [3.63, 3.8) is 0 Å². The molecule has 4 nitrogen and oxygen atoms in total. The topological polar surface area (TPSA) is 49.8 Å². The van der Waals surface area contributed by atoms with Gasteiger partial charge in [-0.15, -0.1) is 0 Å². The minimum Gasteiger partial charge on any atom is -0.490 e. The van der Waals surface area contributed by atoms with Gasteiger partial charge in [-0.3, -0.25) is 9.69 Å². The van der Waals surface area contributed by atoms with Gasteiger partial charge in [-0.05, 0) is 92.3 Å². The van der Waals surface area contributed by atoms with Gasteiger partial charge < -0.3 is 9.84 Å². The lowest BCUT2D eigenvalue weighted by Crippen LogP contribution is -2.36. The van der Waals surface area contributed by atoms with E-state index in [2.05, 4.69) is 62.9 Å². The summed E-state index contributed by atoms with van der Waals surface area (Å²) in [6.07, 6.45) is 6.45. The van der Waals surface area contributed by atoms with Crippen LogP contribution in [0.15, 0.2) is 30.3 Å². The maximum atomic E-state index is 11.4. The Hall–Kier alpha value is -2.07. The zero-order chi connectivity index (χ0) is 22.9. The van der Waals surface area contributed by atoms with E-state index >= 15 is 0 Å². The van der Waals surface area contributed by atoms with Crippen molar-refractivity contribution in [3.8, 4) is 5.75 Å². The molecule has 0 atom stereocenters. The van der Waals surface area contributed by atoms with Crippen LogP contribution in [0, 0.1) is 24.2 Å². The molecule has 0 spiro atoms. The fraction of sp³-hybridized carbons (Fsp3) is 0.607. The van der Waals surface area contributed by atoms with Gasteiger partial charge in [-0.2, -0.15) is 0 Å². The quantitative estimate of drug-likeness (QED) is 0.586. The number of hydrogen-bond donors (Lipinski definition) is 1. The zero-order valence-electron chi connectivity index (χ0n) is 20.2. The van der Waals surface area contributed by atoms with E-state index in [4.69, 9.17) is 4.74 Å². The van der Waals surface area contributed by atoms with Crippen molar-refractivity contribution < 1.29 is 14.6 Å². The molecule has 0 amide bonds. The maximum Gasteiger partial charge on any atom is 0.306 e. The number of likely N-dealkylation sites (tertiary alicyclic amines) is 1. The highest BCUT2D eigenvalue weighted by Gasteiger charge is 2.31. The van der Waals surface area contributed by atoms with E-state index in [9.17, 15) is 9.90 Å². The van der Waals surface area contributed by atoms with Crippen molar-refractivity contribution in [2.75, 3.05) is 13.1 Å². The number of benzene rings is 2. The first-order chi connectivity index (χ1) is 15.2. The predicted octanol–water partition coefficient (Wildman–Crippen LogP) is 6.43. The van der Waals surface area contributed by atoms with Crippen molar-refractivity contribution >= 4 is 16.7 Å². The SMILES string of the molecule is Cc1cc(OC2CCC(C(C)(C)C)CC2)c(CN2CCC(C(=O)O)CC2)c2ccccc12. The summed E-state index contributed by atoms with van der Waals surface area (Å²) in [5, 5.41) is 11.9. The Balaban J connectivity index is 1.55. The van der Waals surface area contributed by atoms with Gasteiger partial charge in [0.1, 0.15) is 5.75 Å². The summed E-state index contributed by atoms with van der Waals surface area (Å²) in [5.74, 6) is 0.950. The highest BCUT2D eigenvalue weighted by molar-refractivity contribution is 5.90. The number of nitrogens with zero attached hydrogens (tertiary/aromatic N) is 1. The molecule has 2 aromatic carbocycles. The van der Waals surface area contributed by atoms with Crippen LogP contribution in [0.2, 0.25) is 0 Å². The number of ether oxygens (including phenoxy) is 1. The first-order valence-corrected chi connectivity index (χ1v) is 12.4. The lowest BCUT2D eigenvalue weighted by molar-refractivity contribution is -0.143. The molecule has 1 saturated heterocycles. The van der Waals surface area contributed by atoms with Crippen molar-refractivity contribution in [1.82, 2.24) is 4.90 Å². The number of fused-ring (bicyclic) bond motifs is 1. The van der Waals surface area contributed by atoms with Gasteiger partial charge in [0.05, 0.1) is 12.0 Å². The van der Waals surface area contributed by atoms with Gasteiger partial charge in [0.2, 0.25) is 0 Å². The van der Waals surface area contributed by atoms with E-state index < -0.39 is 5.97 Å². The number of aryl methyl sites for hydroxylation is 1. The molecule has 2 fully saturated rings. The summed E-state index contributed by atoms with van der Waals surface area (Å²) < 4.78 is 6.72. The first-order valence-electron chi connectivity index (χ1n) is 12.4. The highest BCUT2D eigenvalue weighted by atomic mass is 16.5. The van der Waals surface area contributed by atoms with Gasteiger partial charge in [0.25, 0.3) is 0 Å². The highest BCUT2D eigenvalue weighted by Crippen LogP contribution is 2.40. The summed E-state index contributed by atoms with van der Waals surface area (Å²) in [7, 11) is 0. The minimum atomic E-state index is -0.652. The lowest BCUT2D eigenvalue weighted by atomic mass is 9.72. The number of hydrogen-bond acceptors (Lipinski definition) is 3.